The van der Waals surface area contributed by atoms with Gasteiger partial charge in [-0.15, -0.1) is 0 Å². The molecule has 0 aliphatic carbocycles. The Morgan fingerprint density at radius 2 is 2.23 bits per heavy atom. The normalized spacial score (nSPS) is 16.2. The average molecular weight is 370 g/mol. The molecule has 2 aromatic heterocycles. The van der Waals surface area contributed by atoms with Crippen LogP contribution in [0, 0.1) is 0 Å². The largest absolute Gasteiger partial charge is 0.455 e. The molecule has 26 heavy (non-hydrogen) atoms. The van der Waals surface area contributed by atoms with Crippen molar-refractivity contribution >= 4 is 17.7 Å². The Bertz CT molecular complexity index is 878. The lowest BCUT2D eigenvalue weighted by atomic mass is 9.97. The van der Waals surface area contributed by atoms with Crippen molar-refractivity contribution in [2.75, 3.05) is 13.2 Å². The van der Waals surface area contributed by atoms with Crippen LogP contribution in [0.2, 0.25) is 0 Å². The molecule has 0 saturated heterocycles. The van der Waals surface area contributed by atoms with Gasteiger partial charge in [0.25, 0.3) is 5.91 Å². The van der Waals surface area contributed by atoms with Crippen molar-refractivity contribution in [2.24, 2.45) is 0 Å². The van der Waals surface area contributed by atoms with Crippen LogP contribution in [-0.4, -0.2) is 34.2 Å². The van der Waals surface area contributed by atoms with E-state index in [1.807, 2.05) is 12.1 Å². The number of hydrogen-bond donors (Lipinski definition) is 2. The van der Waals surface area contributed by atoms with E-state index in [-0.39, 0.29) is 12.0 Å². The summed E-state index contributed by atoms with van der Waals surface area (Å²) in [5, 5.41) is 10.2. The van der Waals surface area contributed by atoms with Gasteiger partial charge in [-0.2, -0.15) is 5.10 Å². The molecular formula is C18H18N4O3S. The predicted molar refractivity (Wildman–Crippen MR) is 95.8 cm³/mol. The van der Waals surface area contributed by atoms with E-state index in [1.54, 1.807) is 12.1 Å². The number of fused-ring (bicyclic) bond motifs is 1. The Morgan fingerprint density at radius 1 is 1.31 bits per heavy atom. The SMILES string of the molecule is O=C(NCC1OCCc2ccccc21)c1ccc(CSc2ncn[nH]2)o1. The van der Waals surface area contributed by atoms with E-state index in [4.69, 9.17) is 9.15 Å². The molecule has 134 valence electrons. The first-order valence-electron chi connectivity index (χ1n) is 8.34. The van der Waals surface area contributed by atoms with Crippen molar-refractivity contribution in [1.29, 1.82) is 0 Å². The van der Waals surface area contributed by atoms with Gasteiger partial charge in [0.1, 0.15) is 18.2 Å². The fraction of sp³-hybridized carbons (Fsp3) is 0.278. The fourth-order valence-corrected chi connectivity index (χ4v) is 3.57. The van der Waals surface area contributed by atoms with Crippen LogP contribution < -0.4 is 5.32 Å². The number of rotatable bonds is 6. The molecule has 0 spiro atoms. The molecule has 0 radical (unpaired) electrons. The number of benzene rings is 1. The Kier molecular flexibility index (Phi) is 5.03. The molecule has 0 fully saturated rings. The van der Waals surface area contributed by atoms with Gasteiger partial charge in [-0.1, -0.05) is 36.0 Å². The molecule has 2 N–H and O–H groups in total. The Morgan fingerprint density at radius 3 is 3.12 bits per heavy atom. The zero-order valence-corrected chi connectivity index (χ0v) is 14.8. The van der Waals surface area contributed by atoms with Crippen molar-refractivity contribution in [3.8, 4) is 0 Å². The summed E-state index contributed by atoms with van der Waals surface area (Å²) in [6.45, 7) is 1.08. The van der Waals surface area contributed by atoms with Crippen molar-refractivity contribution in [3.05, 3.63) is 65.4 Å². The number of aromatic amines is 1. The minimum atomic E-state index is -0.243. The highest BCUT2D eigenvalue weighted by Gasteiger charge is 2.21. The smallest absolute Gasteiger partial charge is 0.287 e. The lowest BCUT2D eigenvalue weighted by molar-refractivity contribution is 0.0407. The van der Waals surface area contributed by atoms with Gasteiger partial charge in [-0.3, -0.25) is 9.89 Å². The first-order valence-corrected chi connectivity index (χ1v) is 9.32. The first kappa shape index (κ1) is 16.9. The van der Waals surface area contributed by atoms with Gasteiger partial charge in [0.15, 0.2) is 10.9 Å². The lowest BCUT2D eigenvalue weighted by Crippen LogP contribution is -2.31. The van der Waals surface area contributed by atoms with E-state index < -0.39 is 0 Å². The second-order valence-corrected chi connectivity index (χ2v) is 6.83. The van der Waals surface area contributed by atoms with Gasteiger partial charge in [0.05, 0.1) is 12.4 Å². The summed E-state index contributed by atoms with van der Waals surface area (Å²) in [5.41, 5.74) is 2.42. The van der Waals surface area contributed by atoms with Gasteiger partial charge < -0.3 is 14.5 Å². The number of nitrogens with one attached hydrogen (secondary N) is 2. The number of ether oxygens (including phenoxy) is 1. The van der Waals surface area contributed by atoms with Crippen LogP contribution in [0.1, 0.15) is 33.5 Å². The minimum Gasteiger partial charge on any atom is -0.455 e. The van der Waals surface area contributed by atoms with E-state index in [2.05, 4.69) is 32.6 Å². The third kappa shape index (κ3) is 3.81. The maximum Gasteiger partial charge on any atom is 0.287 e. The molecule has 0 bridgehead atoms. The Labute approximate surface area is 154 Å². The molecule has 1 atom stereocenters. The number of H-pyrrole nitrogens is 1. The highest BCUT2D eigenvalue weighted by Crippen LogP contribution is 2.26. The Hall–Kier alpha value is -2.58. The number of hydrogen-bond acceptors (Lipinski definition) is 6. The Balaban J connectivity index is 1.33. The highest BCUT2D eigenvalue weighted by atomic mass is 32.2. The topological polar surface area (TPSA) is 93.0 Å². The summed E-state index contributed by atoms with van der Waals surface area (Å²) in [5.74, 6) is 1.33. The number of amides is 1. The van der Waals surface area contributed by atoms with Crippen LogP contribution in [0.5, 0.6) is 0 Å². The summed E-state index contributed by atoms with van der Waals surface area (Å²) in [7, 11) is 0. The molecule has 1 unspecified atom stereocenters. The molecule has 0 saturated carbocycles. The molecule has 7 nitrogen and oxygen atoms in total. The van der Waals surface area contributed by atoms with Crippen molar-refractivity contribution in [3.63, 3.8) is 0 Å². The maximum atomic E-state index is 12.3. The first-order chi connectivity index (χ1) is 12.8. The van der Waals surface area contributed by atoms with Gasteiger partial charge >= 0.3 is 0 Å². The van der Waals surface area contributed by atoms with Crippen LogP contribution in [0.25, 0.3) is 0 Å². The second-order valence-electron chi connectivity index (χ2n) is 5.86. The molecule has 3 heterocycles. The quantitative estimate of drug-likeness (QED) is 0.648. The summed E-state index contributed by atoms with van der Waals surface area (Å²) in [6.07, 6.45) is 2.24. The third-order valence-corrected chi connectivity index (χ3v) is 5.07. The maximum absolute atomic E-state index is 12.3. The fourth-order valence-electron chi connectivity index (χ4n) is 2.90. The van der Waals surface area contributed by atoms with Crippen LogP contribution in [-0.2, 0) is 16.9 Å². The number of nitrogens with zero attached hydrogens (tertiary/aromatic N) is 2. The number of aromatic nitrogens is 3. The van der Waals surface area contributed by atoms with Crippen LogP contribution in [0.4, 0.5) is 0 Å². The average Bonchev–Trinajstić information content (AvgIpc) is 3.36. The molecule has 1 aliphatic heterocycles. The summed E-state index contributed by atoms with van der Waals surface area (Å²) < 4.78 is 11.4. The summed E-state index contributed by atoms with van der Waals surface area (Å²) in [6, 6.07) is 11.7. The molecule has 1 aliphatic rings. The molecule has 8 heteroatoms. The molecule has 4 rings (SSSR count). The van der Waals surface area contributed by atoms with Crippen LogP contribution in [0.15, 0.2) is 52.3 Å². The van der Waals surface area contributed by atoms with Crippen molar-refractivity contribution in [1.82, 2.24) is 20.5 Å². The molecular weight excluding hydrogens is 352 g/mol. The van der Waals surface area contributed by atoms with Crippen LogP contribution >= 0.6 is 11.8 Å². The van der Waals surface area contributed by atoms with Gasteiger partial charge in [0.2, 0.25) is 0 Å². The number of carbonyl (C=O) groups is 1. The molecule has 3 aromatic rings. The van der Waals surface area contributed by atoms with E-state index in [1.165, 1.54) is 23.7 Å². The van der Waals surface area contributed by atoms with E-state index in [0.717, 1.165) is 12.0 Å². The van der Waals surface area contributed by atoms with Gasteiger partial charge in [-0.25, -0.2) is 4.98 Å². The monoisotopic (exact) mass is 370 g/mol. The van der Waals surface area contributed by atoms with Crippen molar-refractivity contribution in [2.45, 2.75) is 23.4 Å². The number of carbonyl (C=O) groups excluding carboxylic acids is 1. The third-order valence-electron chi connectivity index (χ3n) is 4.17. The predicted octanol–water partition coefficient (Wildman–Crippen LogP) is 2.73. The van der Waals surface area contributed by atoms with Gasteiger partial charge in [0, 0.05) is 6.54 Å². The van der Waals surface area contributed by atoms with E-state index in [0.29, 0.717) is 35.6 Å². The second kappa shape index (κ2) is 7.76. The van der Waals surface area contributed by atoms with Crippen molar-refractivity contribution < 1.29 is 13.9 Å². The van der Waals surface area contributed by atoms with E-state index >= 15 is 0 Å². The summed E-state index contributed by atoms with van der Waals surface area (Å²) >= 11 is 1.46. The minimum absolute atomic E-state index is 0.125. The zero-order chi connectivity index (χ0) is 17.8. The van der Waals surface area contributed by atoms with Gasteiger partial charge in [-0.05, 0) is 29.7 Å². The standard InChI is InChI=1S/C18H18N4O3S/c23-17(15-6-5-13(25-15)10-26-18-20-11-21-22-18)19-9-16-14-4-2-1-3-12(14)7-8-24-16/h1-6,11,16H,7-10H2,(H,19,23)(H,20,21,22). The molecule has 1 amide bonds. The highest BCUT2D eigenvalue weighted by molar-refractivity contribution is 7.98. The number of thioether (sulfide) groups is 1. The van der Waals surface area contributed by atoms with Crippen LogP contribution in [0.3, 0.4) is 0 Å². The van der Waals surface area contributed by atoms with E-state index in [9.17, 15) is 4.79 Å². The zero-order valence-electron chi connectivity index (χ0n) is 14.0. The molecule has 1 aromatic carbocycles. The number of furan rings is 1. The lowest BCUT2D eigenvalue weighted by Gasteiger charge is -2.26. The summed E-state index contributed by atoms with van der Waals surface area (Å²) in [4.78, 5) is 16.4.